The van der Waals surface area contributed by atoms with E-state index in [0.29, 0.717) is 24.5 Å². The van der Waals surface area contributed by atoms with E-state index in [1.165, 1.54) is 17.3 Å². The number of rotatable bonds is 4. The Kier molecular flexibility index (Phi) is 5.85. The Morgan fingerprint density at radius 3 is 2.62 bits per heavy atom. The van der Waals surface area contributed by atoms with Gasteiger partial charge in [-0.25, -0.2) is 13.8 Å². The normalized spacial score (nSPS) is 24.7. The van der Waals surface area contributed by atoms with Crippen LogP contribution in [0.2, 0.25) is 0 Å². The molecule has 1 amide bonds. The molecule has 7 heteroatoms. The molecule has 1 aliphatic carbocycles. The maximum absolute atomic E-state index is 13.5. The summed E-state index contributed by atoms with van der Waals surface area (Å²) >= 11 is 0. The second-order valence-corrected chi connectivity index (χ2v) is 8.06. The van der Waals surface area contributed by atoms with Crippen LogP contribution in [0.5, 0.6) is 0 Å². The van der Waals surface area contributed by atoms with E-state index in [2.05, 4.69) is 9.97 Å². The SMILES string of the molecule is Cc1ncc(F)cc1CC1CCC(C(=O)N2OCC[C@H]2c2cncc(F)c2)CC1. The minimum Gasteiger partial charge on any atom is -0.272 e. The number of aromatic nitrogens is 2. The molecule has 5 nitrogen and oxygen atoms in total. The van der Waals surface area contributed by atoms with Gasteiger partial charge in [-0.2, -0.15) is 0 Å². The number of carbonyl (C=O) groups is 1. The van der Waals surface area contributed by atoms with Crippen molar-refractivity contribution < 1.29 is 18.4 Å². The molecule has 4 rings (SSSR count). The average molecular weight is 401 g/mol. The molecule has 0 N–H and O–H groups in total. The highest BCUT2D eigenvalue weighted by molar-refractivity contribution is 5.78. The monoisotopic (exact) mass is 401 g/mol. The standard InChI is InChI=1S/C22H25F2N3O2/c1-14-17(9-20(24)13-26-14)8-15-2-4-16(5-3-15)22(28)27-21(6-7-29-27)18-10-19(23)12-25-11-18/h9-13,15-16,21H,2-8H2,1H3/t15?,16?,21-/m0/s1. The van der Waals surface area contributed by atoms with Crippen LogP contribution in [-0.4, -0.2) is 27.5 Å². The second kappa shape index (κ2) is 8.53. The molecule has 0 spiro atoms. The Hall–Kier alpha value is -2.41. The topological polar surface area (TPSA) is 55.3 Å². The molecule has 1 atom stereocenters. The van der Waals surface area contributed by atoms with Crippen LogP contribution in [-0.2, 0) is 16.1 Å². The molecular weight excluding hydrogens is 376 g/mol. The molecule has 1 saturated carbocycles. The van der Waals surface area contributed by atoms with Gasteiger partial charge in [-0.3, -0.25) is 19.6 Å². The van der Waals surface area contributed by atoms with Gasteiger partial charge >= 0.3 is 0 Å². The molecule has 0 unspecified atom stereocenters. The first-order chi connectivity index (χ1) is 14.0. The van der Waals surface area contributed by atoms with Crippen LogP contribution in [0.4, 0.5) is 8.78 Å². The van der Waals surface area contributed by atoms with E-state index >= 15 is 0 Å². The number of carbonyl (C=O) groups excluding carboxylic acids is 1. The number of hydroxylamine groups is 2. The quantitative estimate of drug-likeness (QED) is 0.766. The lowest BCUT2D eigenvalue weighted by atomic mass is 9.78. The fourth-order valence-corrected chi connectivity index (χ4v) is 4.46. The molecule has 29 heavy (non-hydrogen) atoms. The summed E-state index contributed by atoms with van der Waals surface area (Å²) in [5.41, 5.74) is 2.47. The van der Waals surface area contributed by atoms with Gasteiger partial charge in [0.25, 0.3) is 0 Å². The zero-order chi connectivity index (χ0) is 20.4. The summed E-state index contributed by atoms with van der Waals surface area (Å²) in [6, 6.07) is 2.69. The van der Waals surface area contributed by atoms with Crippen molar-refractivity contribution in [1.82, 2.24) is 15.0 Å². The van der Waals surface area contributed by atoms with E-state index in [4.69, 9.17) is 4.84 Å². The Balaban J connectivity index is 1.37. The van der Waals surface area contributed by atoms with Crippen molar-refractivity contribution >= 4 is 5.91 Å². The van der Waals surface area contributed by atoms with Crippen molar-refractivity contribution in [3.8, 4) is 0 Å². The summed E-state index contributed by atoms with van der Waals surface area (Å²) in [5, 5.41) is 1.43. The van der Waals surface area contributed by atoms with E-state index in [0.717, 1.165) is 49.6 Å². The number of nitrogens with zero attached hydrogens (tertiary/aromatic N) is 3. The van der Waals surface area contributed by atoms with E-state index in [-0.39, 0.29) is 23.7 Å². The van der Waals surface area contributed by atoms with Gasteiger partial charge in [0, 0.05) is 24.2 Å². The lowest BCUT2D eigenvalue weighted by molar-refractivity contribution is -0.183. The minimum absolute atomic E-state index is 0.0289. The van der Waals surface area contributed by atoms with E-state index in [9.17, 15) is 13.6 Å². The summed E-state index contributed by atoms with van der Waals surface area (Å²) in [7, 11) is 0. The molecule has 0 radical (unpaired) electrons. The summed E-state index contributed by atoms with van der Waals surface area (Å²) < 4.78 is 27.0. The number of halogens is 2. The first-order valence-corrected chi connectivity index (χ1v) is 10.2. The summed E-state index contributed by atoms with van der Waals surface area (Å²) in [5.74, 6) is -0.425. The molecule has 2 aromatic rings. The maximum atomic E-state index is 13.5. The molecule has 154 valence electrons. The summed E-state index contributed by atoms with van der Waals surface area (Å²) in [6.07, 6.45) is 8.79. The van der Waals surface area contributed by atoms with E-state index < -0.39 is 5.82 Å². The predicted molar refractivity (Wildman–Crippen MR) is 102 cm³/mol. The van der Waals surface area contributed by atoms with Gasteiger partial charge in [-0.15, -0.1) is 0 Å². The van der Waals surface area contributed by atoms with Crippen LogP contribution in [0.3, 0.4) is 0 Å². The first-order valence-electron chi connectivity index (χ1n) is 10.2. The minimum atomic E-state index is -0.413. The van der Waals surface area contributed by atoms with Crippen molar-refractivity contribution in [1.29, 1.82) is 0 Å². The molecule has 3 heterocycles. The third-order valence-electron chi connectivity index (χ3n) is 6.10. The third kappa shape index (κ3) is 4.45. The maximum Gasteiger partial charge on any atom is 0.249 e. The molecule has 2 aromatic heterocycles. The van der Waals surface area contributed by atoms with Gasteiger partial charge in [-0.1, -0.05) is 0 Å². The largest absolute Gasteiger partial charge is 0.272 e. The third-order valence-corrected chi connectivity index (χ3v) is 6.10. The number of hydrogen-bond donors (Lipinski definition) is 0. The van der Waals surface area contributed by atoms with Gasteiger partial charge < -0.3 is 0 Å². The number of pyridine rings is 2. The van der Waals surface area contributed by atoms with Crippen molar-refractivity contribution in [3.05, 3.63) is 59.2 Å². The zero-order valence-corrected chi connectivity index (χ0v) is 16.5. The highest BCUT2D eigenvalue weighted by Gasteiger charge is 2.37. The molecule has 1 saturated heterocycles. The second-order valence-electron chi connectivity index (χ2n) is 8.06. The van der Waals surface area contributed by atoms with Gasteiger partial charge in [0.1, 0.15) is 11.6 Å². The van der Waals surface area contributed by atoms with Gasteiger partial charge in [0.05, 0.1) is 25.0 Å². The Morgan fingerprint density at radius 1 is 1.10 bits per heavy atom. The summed E-state index contributed by atoms with van der Waals surface area (Å²) in [4.78, 5) is 26.7. The molecular formula is C22H25F2N3O2. The van der Waals surface area contributed by atoms with E-state index in [1.54, 1.807) is 12.3 Å². The highest BCUT2D eigenvalue weighted by atomic mass is 19.1. The van der Waals surface area contributed by atoms with Gasteiger partial charge in [-0.05, 0) is 68.2 Å². The van der Waals surface area contributed by atoms with Crippen molar-refractivity contribution in [2.45, 2.75) is 51.5 Å². The van der Waals surface area contributed by atoms with Crippen molar-refractivity contribution in [3.63, 3.8) is 0 Å². The Morgan fingerprint density at radius 2 is 1.86 bits per heavy atom. The Bertz CT molecular complexity index is 884. The summed E-state index contributed by atoms with van der Waals surface area (Å²) in [6.45, 7) is 2.34. The van der Waals surface area contributed by atoms with E-state index in [1.807, 2.05) is 6.92 Å². The fourth-order valence-electron chi connectivity index (χ4n) is 4.46. The number of hydrogen-bond acceptors (Lipinski definition) is 4. The van der Waals surface area contributed by atoms with Crippen LogP contribution in [0.1, 0.15) is 55.0 Å². The van der Waals surface area contributed by atoms with Crippen LogP contribution < -0.4 is 0 Å². The van der Waals surface area contributed by atoms with Crippen LogP contribution in [0, 0.1) is 30.4 Å². The molecule has 2 fully saturated rings. The van der Waals surface area contributed by atoms with Crippen molar-refractivity contribution in [2.75, 3.05) is 6.61 Å². The average Bonchev–Trinajstić information content (AvgIpc) is 3.21. The molecule has 0 bridgehead atoms. The fraction of sp³-hybridized carbons (Fsp3) is 0.500. The van der Waals surface area contributed by atoms with Gasteiger partial charge in [0.2, 0.25) is 5.91 Å². The number of amides is 1. The van der Waals surface area contributed by atoms with Crippen LogP contribution >= 0.6 is 0 Å². The lowest BCUT2D eigenvalue weighted by Gasteiger charge is -2.32. The molecule has 0 aromatic carbocycles. The first kappa shape index (κ1) is 19.9. The van der Waals surface area contributed by atoms with Crippen molar-refractivity contribution in [2.24, 2.45) is 11.8 Å². The zero-order valence-electron chi connectivity index (χ0n) is 16.5. The number of aryl methyl sites for hydroxylation is 1. The molecule has 2 aliphatic rings. The molecule has 1 aliphatic heterocycles. The Labute approximate surface area is 169 Å². The smallest absolute Gasteiger partial charge is 0.249 e. The highest BCUT2D eigenvalue weighted by Crippen LogP contribution is 2.37. The van der Waals surface area contributed by atoms with Crippen LogP contribution in [0.15, 0.2) is 30.7 Å². The van der Waals surface area contributed by atoms with Gasteiger partial charge in [0.15, 0.2) is 0 Å². The lowest BCUT2D eigenvalue weighted by Crippen LogP contribution is -2.36. The predicted octanol–water partition coefficient (Wildman–Crippen LogP) is 4.32. The van der Waals surface area contributed by atoms with Crippen LogP contribution in [0.25, 0.3) is 0 Å².